The molecule has 13 heavy (non-hydrogen) atoms. The Bertz CT molecular complexity index is 172. The van der Waals surface area contributed by atoms with Gasteiger partial charge in [0, 0.05) is 12.0 Å². The number of likely N-dealkylation sites (tertiary alicyclic amines) is 1. The van der Waals surface area contributed by atoms with E-state index < -0.39 is 0 Å². The zero-order chi connectivity index (χ0) is 9.84. The number of carbonyl (C=O) groups is 1. The van der Waals surface area contributed by atoms with Crippen LogP contribution in [-0.2, 0) is 4.79 Å². The van der Waals surface area contributed by atoms with Crippen LogP contribution in [0.5, 0.6) is 0 Å². The van der Waals surface area contributed by atoms with Crippen molar-refractivity contribution in [3.05, 3.63) is 0 Å². The van der Waals surface area contributed by atoms with E-state index in [-0.39, 0.29) is 11.8 Å². The molecule has 0 aromatic rings. The maximum Gasteiger partial charge on any atom is 0.222 e. The van der Waals surface area contributed by atoms with Crippen LogP contribution in [0.25, 0.3) is 0 Å². The van der Waals surface area contributed by atoms with Crippen LogP contribution in [0, 0.1) is 5.92 Å². The summed E-state index contributed by atoms with van der Waals surface area (Å²) in [6, 6.07) is 0.408. The van der Waals surface area contributed by atoms with E-state index in [0.29, 0.717) is 6.04 Å². The third-order valence-corrected chi connectivity index (χ3v) is 2.59. The molecule has 1 amide bonds. The maximum atomic E-state index is 11.4. The minimum Gasteiger partial charge on any atom is -0.353 e. The van der Waals surface area contributed by atoms with Crippen LogP contribution in [0.3, 0.4) is 0 Å². The Morgan fingerprint density at radius 3 is 2.38 bits per heavy atom. The first-order valence-electron chi connectivity index (χ1n) is 5.08. The van der Waals surface area contributed by atoms with E-state index in [1.54, 1.807) is 0 Å². The standard InChI is InChI=1S/C10H20N2O/c1-8(2)10(13)11-9-4-6-12(3)7-5-9/h8-9H,4-7H2,1-3H3,(H,11,13). The van der Waals surface area contributed by atoms with Crippen molar-refractivity contribution in [3.63, 3.8) is 0 Å². The summed E-state index contributed by atoms with van der Waals surface area (Å²) in [4.78, 5) is 13.7. The lowest BCUT2D eigenvalue weighted by molar-refractivity contribution is -0.125. The summed E-state index contributed by atoms with van der Waals surface area (Å²) < 4.78 is 0. The fourth-order valence-electron chi connectivity index (χ4n) is 1.52. The molecule has 0 radical (unpaired) electrons. The highest BCUT2D eigenvalue weighted by Gasteiger charge is 2.19. The first-order chi connectivity index (χ1) is 6.09. The second kappa shape index (κ2) is 4.61. The van der Waals surface area contributed by atoms with Gasteiger partial charge in [0.05, 0.1) is 0 Å². The summed E-state index contributed by atoms with van der Waals surface area (Å²) in [5.74, 6) is 0.300. The van der Waals surface area contributed by atoms with Gasteiger partial charge in [0.25, 0.3) is 0 Å². The van der Waals surface area contributed by atoms with Crippen molar-refractivity contribution in [3.8, 4) is 0 Å². The summed E-state index contributed by atoms with van der Waals surface area (Å²) in [5, 5.41) is 3.07. The molecule has 1 saturated heterocycles. The maximum absolute atomic E-state index is 11.4. The van der Waals surface area contributed by atoms with Gasteiger partial charge in [-0.15, -0.1) is 0 Å². The zero-order valence-electron chi connectivity index (χ0n) is 8.84. The van der Waals surface area contributed by atoms with Crippen molar-refractivity contribution in [2.75, 3.05) is 20.1 Å². The second-order valence-electron chi connectivity index (χ2n) is 4.24. The monoisotopic (exact) mass is 184 g/mol. The lowest BCUT2D eigenvalue weighted by atomic mass is 10.0. The number of hydrogen-bond donors (Lipinski definition) is 1. The first-order valence-corrected chi connectivity index (χ1v) is 5.08. The fraction of sp³-hybridized carbons (Fsp3) is 0.900. The van der Waals surface area contributed by atoms with Gasteiger partial charge in [0.2, 0.25) is 5.91 Å². The molecule has 0 unspecified atom stereocenters. The van der Waals surface area contributed by atoms with Crippen LogP contribution in [-0.4, -0.2) is 37.0 Å². The lowest BCUT2D eigenvalue weighted by Crippen LogP contribution is -2.44. The van der Waals surface area contributed by atoms with Crippen molar-refractivity contribution in [1.29, 1.82) is 0 Å². The molecule has 76 valence electrons. The van der Waals surface area contributed by atoms with Crippen molar-refractivity contribution < 1.29 is 4.79 Å². The predicted octanol–water partition coefficient (Wildman–Crippen LogP) is 0.853. The summed E-state index contributed by atoms with van der Waals surface area (Å²) >= 11 is 0. The van der Waals surface area contributed by atoms with Crippen LogP contribution < -0.4 is 5.32 Å². The van der Waals surface area contributed by atoms with E-state index in [1.165, 1.54) is 0 Å². The first kappa shape index (κ1) is 10.5. The second-order valence-corrected chi connectivity index (χ2v) is 4.24. The molecule has 0 bridgehead atoms. The molecule has 1 rings (SSSR count). The Kier molecular flexibility index (Phi) is 3.72. The largest absolute Gasteiger partial charge is 0.353 e. The van der Waals surface area contributed by atoms with E-state index in [9.17, 15) is 4.79 Å². The van der Waals surface area contributed by atoms with E-state index in [1.807, 2.05) is 13.8 Å². The third kappa shape index (κ3) is 3.35. The number of piperidine rings is 1. The van der Waals surface area contributed by atoms with Gasteiger partial charge in [-0.3, -0.25) is 4.79 Å². The number of nitrogens with one attached hydrogen (secondary N) is 1. The van der Waals surface area contributed by atoms with Gasteiger partial charge in [-0.2, -0.15) is 0 Å². The molecule has 0 aliphatic carbocycles. The number of amides is 1. The van der Waals surface area contributed by atoms with E-state index >= 15 is 0 Å². The summed E-state index contributed by atoms with van der Waals surface area (Å²) in [7, 11) is 2.13. The Morgan fingerprint density at radius 2 is 1.92 bits per heavy atom. The van der Waals surface area contributed by atoms with Crippen LogP contribution in [0.2, 0.25) is 0 Å². The van der Waals surface area contributed by atoms with Crippen LogP contribution in [0.1, 0.15) is 26.7 Å². The molecule has 1 fully saturated rings. The smallest absolute Gasteiger partial charge is 0.222 e. The van der Waals surface area contributed by atoms with Gasteiger partial charge in [-0.1, -0.05) is 13.8 Å². The predicted molar refractivity (Wildman–Crippen MR) is 53.5 cm³/mol. The molecule has 1 heterocycles. The van der Waals surface area contributed by atoms with Crippen molar-refractivity contribution in [2.24, 2.45) is 5.92 Å². The molecule has 0 aromatic carbocycles. The Balaban J connectivity index is 2.26. The minimum absolute atomic E-state index is 0.111. The molecule has 0 spiro atoms. The molecule has 1 aliphatic heterocycles. The summed E-state index contributed by atoms with van der Waals surface area (Å²) in [5.41, 5.74) is 0. The van der Waals surface area contributed by atoms with Crippen molar-refractivity contribution >= 4 is 5.91 Å². The Morgan fingerprint density at radius 1 is 1.38 bits per heavy atom. The minimum atomic E-state index is 0.111. The van der Waals surface area contributed by atoms with Crippen LogP contribution >= 0.6 is 0 Å². The normalized spacial score (nSPS) is 20.6. The van der Waals surface area contributed by atoms with E-state index in [4.69, 9.17) is 0 Å². The summed E-state index contributed by atoms with van der Waals surface area (Å²) in [6.45, 7) is 6.07. The zero-order valence-corrected chi connectivity index (χ0v) is 8.84. The average molecular weight is 184 g/mol. The molecular weight excluding hydrogens is 164 g/mol. The molecule has 1 N–H and O–H groups in total. The van der Waals surface area contributed by atoms with E-state index in [2.05, 4.69) is 17.3 Å². The average Bonchev–Trinajstić information content (AvgIpc) is 2.08. The molecule has 3 nitrogen and oxygen atoms in total. The Hall–Kier alpha value is -0.570. The number of rotatable bonds is 2. The quantitative estimate of drug-likeness (QED) is 0.690. The fourth-order valence-corrected chi connectivity index (χ4v) is 1.52. The molecule has 3 heteroatoms. The number of hydrogen-bond acceptors (Lipinski definition) is 2. The van der Waals surface area contributed by atoms with Gasteiger partial charge in [-0.05, 0) is 33.0 Å². The van der Waals surface area contributed by atoms with E-state index in [0.717, 1.165) is 25.9 Å². The summed E-state index contributed by atoms with van der Waals surface area (Å²) in [6.07, 6.45) is 2.18. The molecular formula is C10H20N2O. The van der Waals surface area contributed by atoms with Gasteiger partial charge < -0.3 is 10.2 Å². The highest BCUT2D eigenvalue weighted by Crippen LogP contribution is 2.08. The van der Waals surface area contributed by atoms with Gasteiger partial charge in [0.15, 0.2) is 0 Å². The topological polar surface area (TPSA) is 32.3 Å². The van der Waals surface area contributed by atoms with Crippen LogP contribution in [0.15, 0.2) is 0 Å². The lowest BCUT2D eigenvalue weighted by Gasteiger charge is -2.29. The highest BCUT2D eigenvalue weighted by molar-refractivity contribution is 5.78. The van der Waals surface area contributed by atoms with Gasteiger partial charge in [0.1, 0.15) is 0 Å². The van der Waals surface area contributed by atoms with Crippen LogP contribution in [0.4, 0.5) is 0 Å². The highest BCUT2D eigenvalue weighted by atomic mass is 16.1. The molecule has 0 saturated carbocycles. The molecule has 0 atom stereocenters. The third-order valence-electron chi connectivity index (χ3n) is 2.59. The Labute approximate surface area is 80.5 Å². The van der Waals surface area contributed by atoms with Gasteiger partial charge in [-0.25, -0.2) is 0 Å². The SMILES string of the molecule is CC(C)C(=O)NC1CCN(C)CC1. The number of nitrogens with zero attached hydrogens (tertiary/aromatic N) is 1. The molecule has 0 aromatic heterocycles. The van der Waals surface area contributed by atoms with Crippen molar-refractivity contribution in [2.45, 2.75) is 32.7 Å². The van der Waals surface area contributed by atoms with Gasteiger partial charge >= 0.3 is 0 Å². The molecule has 1 aliphatic rings. The van der Waals surface area contributed by atoms with Crippen molar-refractivity contribution in [1.82, 2.24) is 10.2 Å². The number of carbonyl (C=O) groups excluding carboxylic acids is 1.